The molecule has 1 aromatic heterocycles. The number of amides is 2. The molecule has 2 amide bonds. The fourth-order valence-corrected chi connectivity index (χ4v) is 6.63. The molecule has 1 N–H and O–H groups in total. The fourth-order valence-electron chi connectivity index (χ4n) is 5.66. The second kappa shape index (κ2) is 11.6. The summed E-state index contributed by atoms with van der Waals surface area (Å²) < 4.78 is 5.76. The SMILES string of the molecule is CC(=O)CC1CCN(C(=O)N[C@H]2CCc3c(-c4cnc(-c5ccc(OC(C)C)c(C#N)c5)s4)cccc32)CC1. The van der Waals surface area contributed by atoms with E-state index in [-0.39, 0.29) is 24.0 Å². The summed E-state index contributed by atoms with van der Waals surface area (Å²) in [6, 6.07) is 14.1. The van der Waals surface area contributed by atoms with E-state index in [9.17, 15) is 14.9 Å². The van der Waals surface area contributed by atoms with Gasteiger partial charge in [0.05, 0.1) is 22.6 Å². The molecule has 2 aliphatic rings. The van der Waals surface area contributed by atoms with E-state index in [1.807, 2.05) is 43.1 Å². The predicted octanol–water partition coefficient (Wildman–Crippen LogP) is 6.52. The number of benzene rings is 2. The molecule has 1 atom stereocenters. The average molecular weight is 543 g/mol. The highest BCUT2D eigenvalue weighted by Gasteiger charge is 2.30. The Bertz CT molecular complexity index is 1420. The summed E-state index contributed by atoms with van der Waals surface area (Å²) in [6.45, 7) is 6.92. The van der Waals surface area contributed by atoms with Crippen molar-refractivity contribution in [2.75, 3.05) is 13.1 Å². The smallest absolute Gasteiger partial charge is 0.317 e. The van der Waals surface area contributed by atoms with Gasteiger partial charge in [0, 0.05) is 31.3 Å². The summed E-state index contributed by atoms with van der Waals surface area (Å²) in [4.78, 5) is 32.1. The number of urea groups is 1. The van der Waals surface area contributed by atoms with Gasteiger partial charge in [0.25, 0.3) is 0 Å². The Morgan fingerprint density at radius 3 is 2.72 bits per heavy atom. The van der Waals surface area contributed by atoms with E-state index < -0.39 is 0 Å². The number of likely N-dealkylation sites (tertiary alicyclic amines) is 1. The number of nitrogens with one attached hydrogen (secondary N) is 1. The Balaban J connectivity index is 1.29. The van der Waals surface area contributed by atoms with Crippen LogP contribution >= 0.6 is 11.3 Å². The maximum atomic E-state index is 13.1. The van der Waals surface area contributed by atoms with Gasteiger partial charge in [0.2, 0.25) is 0 Å². The molecule has 1 fully saturated rings. The number of ketones is 1. The summed E-state index contributed by atoms with van der Waals surface area (Å²) in [5.74, 6) is 1.20. The molecule has 3 aromatic rings. The summed E-state index contributed by atoms with van der Waals surface area (Å²) >= 11 is 1.61. The highest BCUT2D eigenvalue weighted by molar-refractivity contribution is 7.18. The predicted molar refractivity (Wildman–Crippen MR) is 153 cm³/mol. The van der Waals surface area contributed by atoms with Crippen molar-refractivity contribution in [2.45, 2.75) is 65.0 Å². The van der Waals surface area contributed by atoms with Gasteiger partial charge in [0.15, 0.2) is 0 Å². The van der Waals surface area contributed by atoms with Gasteiger partial charge in [-0.05, 0) is 87.3 Å². The number of hydrogen-bond donors (Lipinski definition) is 1. The van der Waals surface area contributed by atoms with E-state index in [0.29, 0.717) is 36.7 Å². The van der Waals surface area contributed by atoms with Crippen LogP contribution in [0.5, 0.6) is 5.75 Å². The Morgan fingerprint density at radius 2 is 2.00 bits per heavy atom. The van der Waals surface area contributed by atoms with Gasteiger partial charge in [-0.1, -0.05) is 18.2 Å². The van der Waals surface area contributed by atoms with Crippen LogP contribution in [0, 0.1) is 17.2 Å². The monoisotopic (exact) mass is 542 g/mol. The molecule has 1 aliphatic heterocycles. The molecule has 0 unspecified atom stereocenters. The van der Waals surface area contributed by atoms with Gasteiger partial charge in [-0.2, -0.15) is 5.26 Å². The number of nitriles is 1. The van der Waals surface area contributed by atoms with Crippen LogP contribution in [0.1, 0.15) is 69.2 Å². The number of piperidine rings is 1. The van der Waals surface area contributed by atoms with Gasteiger partial charge < -0.3 is 19.7 Å². The molecule has 5 rings (SSSR count). The van der Waals surface area contributed by atoms with E-state index in [1.54, 1.807) is 18.3 Å². The normalized spacial score (nSPS) is 17.1. The molecule has 39 heavy (non-hydrogen) atoms. The average Bonchev–Trinajstić information content (AvgIpc) is 3.56. The Labute approximate surface area is 233 Å². The lowest BCUT2D eigenvalue weighted by atomic mass is 9.92. The molecule has 0 radical (unpaired) electrons. The van der Waals surface area contributed by atoms with Crippen LogP contribution in [0.4, 0.5) is 4.79 Å². The number of carbonyl (C=O) groups excluding carboxylic acids is 2. The third-order valence-corrected chi connectivity index (χ3v) is 8.61. The van der Waals surface area contributed by atoms with Crippen molar-refractivity contribution in [3.63, 3.8) is 0 Å². The number of thiazole rings is 1. The first-order valence-electron chi connectivity index (χ1n) is 13.7. The summed E-state index contributed by atoms with van der Waals surface area (Å²) in [5.41, 5.74) is 4.98. The lowest BCUT2D eigenvalue weighted by Crippen LogP contribution is -2.45. The lowest BCUT2D eigenvalue weighted by Gasteiger charge is -2.32. The quantitative estimate of drug-likeness (QED) is 0.367. The minimum absolute atomic E-state index is 0.00634. The number of ether oxygens (including phenoxy) is 1. The van der Waals surface area contributed by atoms with Crippen molar-refractivity contribution < 1.29 is 14.3 Å². The molecule has 2 aromatic carbocycles. The van der Waals surface area contributed by atoms with Crippen LogP contribution < -0.4 is 10.1 Å². The minimum atomic E-state index is -0.0159. The van der Waals surface area contributed by atoms with Crippen molar-refractivity contribution in [3.8, 4) is 32.8 Å². The van der Waals surface area contributed by atoms with E-state index in [1.165, 1.54) is 11.1 Å². The minimum Gasteiger partial charge on any atom is -0.490 e. The maximum Gasteiger partial charge on any atom is 0.317 e. The van der Waals surface area contributed by atoms with Crippen molar-refractivity contribution in [2.24, 2.45) is 5.92 Å². The molecule has 0 saturated carbocycles. The second-order valence-corrected chi connectivity index (χ2v) is 11.8. The van der Waals surface area contributed by atoms with Gasteiger partial charge in [-0.3, -0.25) is 0 Å². The zero-order valence-corrected chi connectivity index (χ0v) is 23.5. The highest BCUT2D eigenvalue weighted by atomic mass is 32.1. The van der Waals surface area contributed by atoms with Crippen LogP contribution in [-0.2, 0) is 11.2 Å². The Hall–Kier alpha value is -3.70. The first-order valence-corrected chi connectivity index (χ1v) is 14.5. The Morgan fingerprint density at radius 1 is 1.21 bits per heavy atom. The number of aromatic nitrogens is 1. The zero-order chi connectivity index (χ0) is 27.5. The first-order chi connectivity index (χ1) is 18.8. The largest absolute Gasteiger partial charge is 0.490 e. The van der Waals surface area contributed by atoms with E-state index in [4.69, 9.17) is 4.74 Å². The standard InChI is InChI=1S/C31H34N4O3S/c1-19(2)38-28-10-7-22(16-23(28)17-32)30-33-18-29(39-30)26-6-4-5-25-24(26)8-9-27(25)34-31(37)35-13-11-21(12-14-35)15-20(3)36/h4-7,10,16,18-19,21,27H,8-9,11-15H2,1-3H3,(H,34,37)/t27-/m0/s1. The van der Waals surface area contributed by atoms with Crippen LogP contribution in [0.2, 0.25) is 0 Å². The first kappa shape index (κ1) is 26.9. The van der Waals surface area contributed by atoms with Gasteiger partial charge >= 0.3 is 6.03 Å². The van der Waals surface area contributed by atoms with Crippen molar-refractivity contribution in [1.29, 1.82) is 5.26 Å². The van der Waals surface area contributed by atoms with Gasteiger partial charge in [-0.25, -0.2) is 9.78 Å². The van der Waals surface area contributed by atoms with Gasteiger partial charge in [-0.15, -0.1) is 11.3 Å². The fraction of sp³-hybridized carbons (Fsp3) is 0.419. The molecule has 202 valence electrons. The van der Waals surface area contributed by atoms with Crippen LogP contribution in [0.25, 0.3) is 21.0 Å². The lowest BCUT2D eigenvalue weighted by molar-refractivity contribution is -0.118. The van der Waals surface area contributed by atoms with Gasteiger partial charge in [0.1, 0.15) is 22.6 Å². The van der Waals surface area contributed by atoms with E-state index >= 15 is 0 Å². The number of hydrogen-bond acceptors (Lipinski definition) is 6. The van der Waals surface area contributed by atoms with Crippen LogP contribution in [0.15, 0.2) is 42.6 Å². The molecular weight excluding hydrogens is 508 g/mol. The topological polar surface area (TPSA) is 95.3 Å². The van der Waals surface area contributed by atoms with E-state index in [0.717, 1.165) is 46.7 Å². The van der Waals surface area contributed by atoms with Crippen LogP contribution in [0.3, 0.4) is 0 Å². The van der Waals surface area contributed by atoms with Crippen molar-refractivity contribution in [3.05, 3.63) is 59.3 Å². The third-order valence-electron chi connectivity index (χ3n) is 7.53. The molecule has 0 spiro atoms. The Kier molecular flexibility index (Phi) is 7.99. The molecule has 1 saturated heterocycles. The van der Waals surface area contributed by atoms with Crippen molar-refractivity contribution >= 4 is 23.2 Å². The maximum absolute atomic E-state index is 13.1. The molecule has 0 bridgehead atoms. The highest BCUT2D eigenvalue weighted by Crippen LogP contribution is 2.41. The summed E-state index contributed by atoms with van der Waals surface area (Å²) in [7, 11) is 0. The number of carbonyl (C=O) groups is 2. The summed E-state index contributed by atoms with van der Waals surface area (Å²) in [5, 5.41) is 13.7. The number of nitrogens with zero attached hydrogens (tertiary/aromatic N) is 3. The number of Topliss-reactive ketones (excluding diaryl/α,β-unsaturated/α-hetero) is 1. The number of rotatable bonds is 7. The number of fused-ring (bicyclic) bond motifs is 1. The van der Waals surface area contributed by atoms with Crippen molar-refractivity contribution in [1.82, 2.24) is 15.2 Å². The third kappa shape index (κ3) is 5.99. The molecule has 1 aliphatic carbocycles. The molecule has 8 heteroatoms. The van der Waals surface area contributed by atoms with E-state index in [2.05, 4.69) is 34.6 Å². The molecule has 2 heterocycles. The summed E-state index contributed by atoms with van der Waals surface area (Å²) in [6.07, 6.45) is 6.04. The second-order valence-electron chi connectivity index (χ2n) is 10.8. The zero-order valence-electron chi connectivity index (χ0n) is 22.7. The molecular formula is C31H34N4O3S. The van der Waals surface area contributed by atoms with Crippen LogP contribution in [-0.4, -0.2) is 40.9 Å². The molecule has 7 nitrogen and oxygen atoms in total.